The van der Waals surface area contributed by atoms with Crippen LogP contribution in [0.2, 0.25) is 0 Å². The highest BCUT2D eigenvalue weighted by molar-refractivity contribution is 7.17. The maximum atomic E-state index is 9.18. The van der Waals surface area contributed by atoms with E-state index < -0.39 is 0 Å². The van der Waals surface area contributed by atoms with Gasteiger partial charge in [0.05, 0.1) is 25.4 Å². The predicted octanol–water partition coefficient (Wildman–Crippen LogP) is 5.99. The normalized spacial score (nSPS) is 15.2. The Morgan fingerprint density at radius 1 is 0.762 bits per heavy atom. The van der Waals surface area contributed by atoms with Crippen molar-refractivity contribution < 1.29 is 19.7 Å². The Labute approximate surface area is 269 Å². The number of likely N-dealkylation sites (tertiary alicyclic amines) is 1. The van der Waals surface area contributed by atoms with Crippen LogP contribution < -0.4 is 5.32 Å². The zero-order valence-corrected chi connectivity index (χ0v) is 27.3. The van der Waals surface area contributed by atoms with Gasteiger partial charge in [0.1, 0.15) is 0 Å². The molecule has 2 aromatic heterocycles. The molecule has 2 aliphatic heterocycles. The standard InChI is InChI=1S/C16H21NO2S.C13H15ClOS.C3H7NO.ClH/c18-14-11-17(12-14)7-2-8-19-9-5-13-3-1-4-16-15(13)6-10-20-16;14-7-2-8-15-9-5-11-3-1-4-13-12(11)6-10-16-13;5-3-1-4-2-3;/h1,3-4,6,10,14,18H,2,5,7-9,11-12H2;1,3-4,6,10H,2,5,7-9H2;3-5H,1-2H2;1H. The van der Waals surface area contributed by atoms with E-state index >= 15 is 0 Å². The number of aliphatic hydroxyl groups is 2. The SMILES string of the molecule is Cl.ClCCCOCCc1cccc2sccc12.OC1CN(CCCOCCc2cccc3sccc23)C1.OC1CNC1. The fraction of sp³-hybridized carbons (Fsp3) is 0.500. The molecule has 2 saturated heterocycles. The highest BCUT2D eigenvalue weighted by Crippen LogP contribution is 2.25. The number of nitrogens with zero attached hydrogens (tertiary/aromatic N) is 1. The summed E-state index contributed by atoms with van der Waals surface area (Å²) in [7, 11) is 0. The van der Waals surface area contributed by atoms with Gasteiger partial charge in [-0.25, -0.2) is 0 Å². The van der Waals surface area contributed by atoms with Gasteiger partial charge in [0.25, 0.3) is 0 Å². The van der Waals surface area contributed by atoms with Crippen LogP contribution in [0.25, 0.3) is 20.2 Å². The minimum atomic E-state index is -0.0954. The first kappa shape index (κ1) is 35.2. The lowest BCUT2D eigenvalue weighted by Gasteiger charge is -2.35. The largest absolute Gasteiger partial charge is 0.390 e. The van der Waals surface area contributed by atoms with Gasteiger partial charge in [-0.05, 0) is 82.6 Å². The molecule has 0 amide bonds. The summed E-state index contributed by atoms with van der Waals surface area (Å²) in [6.07, 6.45) is 3.81. The van der Waals surface area contributed by atoms with E-state index in [1.807, 2.05) is 0 Å². The molecular formula is C32H44Cl2N2O4S2. The van der Waals surface area contributed by atoms with E-state index in [9.17, 15) is 5.11 Å². The molecule has 0 radical (unpaired) electrons. The van der Waals surface area contributed by atoms with Crippen molar-refractivity contribution in [2.24, 2.45) is 0 Å². The third-order valence-corrected chi connectivity index (χ3v) is 9.12. The first-order valence-electron chi connectivity index (χ1n) is 14.5. The van der Waals surface area contributed by atoms with E-state index in [1.54, 1.807) is 22.7 Å². The number of aliphatic hydroxyl groups excluding tert-OH is 2. The highest BCUT2D eigenvalue weighted by Gasteiger charge is 2.23. The number of alkyl halides is 1. The van der Waals surface area contributed by atoms with Gasteiger partial charge >= 0.3 is 0 Å². The Kier molecular flexibility index (Phi) is 16.6. The van der Waals surface area contributed by atoms with Gasteiger partial charge in [0.2, 0.25) is 0 Å². The molecule has 6 rings (SSSR count). The van der Waals surface area contributed by atoms with E-state index in [1.165, 1.54) is 31.3 Å². The number of β-amino-alcohol motifs (C(OH)–C–C–N with tert-alkyl or cyclic N) is 2. The molecule has 2 aromatic carbocycles. The average molecular weight is 656 g/mol. The molecule has 232 valence electrons. The highest BCUT2D eigenvalue weighted by atomic mass is 35.5. The van der Waals surface area contributed by atoms with Gasteiger partial charge < -0.3 is 25.0 Å². The monoisotopic (exact) mass is 654 g/mol. The van der Waals surface area contributed by atoms with Gasteiger partial charge in [-0.1, -0.05) is 24.3 Å². The number of rotatable bonds is 13. The quantitative estimate of drug-likeness (QED) is 0.122. The van der Waals surface area contributed by atoms with Crippen LogP contribution >= 0.6 is 46.7 Å². The molecule has 0 aliphatic carbocycles. The maximum absolute atomic E-state index is 9.18. The van der Waals surface area contributed by atoms with Crippen molar-refractivity contribution in [1.82, 2.24) is 10.2 Å². The van der Waals surface area contributed by atoms with Crippen LogP contribution in [0.5, 0.6) is 0 Å². The Morgan fingerprint density at radius 2 is 1.29 bits per heavy atom. The zero-order valence-electron chi connectivity index (χ0n) is 24.1. The summed E-state index contributed by atoms with van der Waals surface area (Å²) in [6, 6.07) is 17.3. The van der Waals surface area contributed by atoms with E-state index in [4.69, 9.17) is 26.2 Å². The second-order valence-corrected chi connectivity index (χ2v) is 12.6. The van der Waals surface area contributed by atoms with Crippen LogP contribution in [0.3, 0.4) is 0 Å². The number of hydrogen-bond acceptors (Lipinski definition) is 8. The fourth-order valence-electron chi connectivity index (χ4n) is 4.66. The van der Waals surface area contributed by atoms with Gasteiger partial charge in [-0.3, -0.25) is 4.90 Å². The Hall–Kier alpha value is -1.30. The molecule has 0 atom stereocenters. The van der Waals surface area contributed by atoms with E-state index in [-0.39, 0.29) is 24.6 Å². The van der Waals surface area contributed by atoms with Crippen LogP contribution in [-0.2, 0) is 22.3 Å². The van der Waals surface area contributed by atoms with Crippen molar-refractivity contribution in [3.63, 3.8) is 0 Å². The first-order valence-corrected chi connectivity index (χ1v) is 16.8. The molecule has 4 aromatic rings. The summed E-state index contributed by atoms with van der Waals surface area (Å²) in [5, 5.41) is 27.5. The molecule has 0 spiro atoms. The van der Waals surface area contributed by atoms with Crippen molar-refractivity contribution in [3.8, 4) is 0 Å². The number of hydrogen-bond donors (Lipinski definition) is 3. The van der Waals surface area contributed by atoms with Gasteiger partial charge in [0, 0.05) is 61.2 Å². The lowest BCUT2D eigenvalue weighted by molar-refractivity contribution is -0.00304. The first-order chi connectivity index (χ1) is 20.1. The van der Waals surface area contributed by atoms with Crippen molar-refractivity contribution in [1.29, 1.82) is 0 Å². The number of nitrogens with one attached hydrogen (secondary N) is 1. The lowest BCUT2D eigenvalue weighted by Crippen LogP contribution is -2.50. The molecule has 0 saturated carbocycles. The summed E-state index contributed by atoms with van der Waals surface area (Å²) in [5.41, 5.74) is 2.76. The van der Waals surface area contributed by atoms with Crippen LogP contribution in [0.15, 0.2) is 59.3 Å². The Balaban J connectivity index is 0.000000197. The third kappa shape index (κ3) is 11.7. The van der Waals surface area contributed by atoms with Crippen LogP contribution in [-0.4, -0.2) is 92.4 Å². The fourth-order valence-corrected chi connectivity index (χ4v) is 6.44. The second kappa shape index (κ2) is 19.9. The predicted molar refractivity (Wildman–Crippen MR) is 181 cm³/mol. The number of thiophene rings is 2. The van der Waals surface area contributed by atoms with Crippen LogP contribution in [0, 0.1) is 0 Å². The molecule has 42 heavy (non-hydrogen) atoms. The van der Waals surface area contributed by atoms with Gasteiger partial charge in [-0.2, -0.15) is 0 Å². The smallest absolute Gasteiger partial charge is 0.0793 e. The molecular weight excluding hydrogens is 611 g/mol. The zero-order chi connectivity index (χ0) is 28.7. The molecule has 2 fully saturated rings. The van der Waals surface area contributed by atoms with Gasteiger partial charge in [0.15, 0.2) is 0 Å². The Bertz CT molecular complexity index is 1280. The van der Waals surface area contributed by atoms with Crippen LogP contribution in [0.4, 0.5) is 0 Å². The summed E-state index contributed by atoms with van der Waals surface area (Å²) in [5.74, 6) is 0.681. The van der Waals surface area contributed by atoms with Crippen molar-refractivity contribution in [2.45, 2.75) is 37.9 Å². The third-order valence-electron chi connectivity index (χ3n) is 7.09. The molecule has 6 nitrogen and oxygen atoms in total. The van der Waals surface area contributed by atoms with Crippen LogP contribution in [0.1, 0.15) is 24.0 Å². The number of benzene rings is 2. The van der Waals surface area contributed by atoms with E-state index in [0.717, 1.165) is 84.8 Å². The molecule has 2 aliphatic rings. The number of fused-ring (bicyclic) bond motifs is 2. The number of ether oxygens (including phenoxy) is 2. The number of halogens is 2. The summed E-state index contributed by atoms with van der Waals surface area (Å²) >= 11 is 9.17. The van der Waals surface area contributed by atoms with Crippen molar-refractivity contribution in [2.75, 3.05) is 65.0 Å². The molecule has 4 heterocycles. The topological polar surface area (TPSA) is 74.2 Å². The lowest BCUT2D eigenvalue weighted by atomic mass is 10.1. The van der Waals surface area contributed by atoms with Gasteiger partial charge in [-0.15, -0.1) is 46.7 Å². The molecule has 10 heteroatoms. The molecule has 0 bridgehead atoms. The van der Waals surface area contributed by atoms with Crippen molar-refractivity contribution in [3.05, 3.63) is 70.4 Å². The minimum absolute atomic E-state index is 0. The molecule has 3 N–H and O–H groups in total. The minimum Gasteiger partial charge on any atom is -0.390 e. The maximum Gasteiger partial charge on any atom is 0.0793 e. The van der Waals surface area contributed by atoms with E-state index in [2.05, 4.69) is 69.5 Å². The Morgan fingerprint density at radius 3 is 1.74 bits per heavy atom. The molecule has 0 unspecified atom stereocenters. The second-order valence-electron chi connectivity index (χ2n) is 10.3. The van der Waals surface area contributed by atoms with Crippen molar-refractivity contribution >= 4 is 66.9 Å². The average Bonchev–Trinajstić information content (AvgIpc) is 3.64. The summed E-state index contributed by atoms with van der Waals surface area (Å²) in [4.78, 5) is 2.26. The summed E-state index contributed by atoms with van der Waals surface area (Å²) < 4.78 is 14.0. The van der Waals surface area contributed by atoms with E-state index in [0.29, 0.717) is 5.88 Å². The summed E-state index contributed by atoms with van der Waals surface area (Å²) in [6.45, 7) is 7.44.